The van der Waals surface area contributed by atoms with Crippen LogP contribution in [0.15, 0.2) is 23.1 Å². The Labute approximate surface area is 69.1 Å². The van der Waals surface area contributed by atoms with Gasteiger partial charge >= 0.3 is 0 Å². The van der Waals surface area contributed by atoms with Crippen LogP contribution in [0.2, 0.25) is 0 Å². The Hall–Kier alpha value is -1.14. The number of carbonyl (C=O) groups excluding carboxylic acids is 1. The van der Waals surface area contributed by atoms with E-state index >= 15 is 0 Å². The molecule has 0 saturated carbocycles. The summed E-state index contributed by atoms with van der Waals surface area (Å²) < 4.78 is 21.6. The highest BCUT2D eigenvalue weighted by molar-refractivity contribution is 7.94. The summed E-state index contributed by atoms with van der Waals surface area (Å²) in [6.45, 7) is 0. The first-order chi connectivity index (χ1) is 5.43. The summed E-state index contributed by atoms with van der Waals surface area (Å²) in [5, 5.41) is 9.69. The number of aliphatic hydroxyl groups excluding tert-OH is 1. The number of nitrogens with two attached hydrogens (primary N) is 1. The molecule has 1 unspecified atom stereocenters. The molecular weight excluding hydrogens is 182 g/mol. The molecule has 1 aliphatic rings. The van der Waals surface area contributed by atoms with Crippen LogP contribution in [0.5, 0.6) is 0 Å². The molecule has 3 N–H and O–H groups in total. The van der Waals surface area contributed by atoms with Gasteiger partial charge in [-0.25, -0.2) is 8.42 Å². The molecule has 1 rings (SSSR count). The number of hydrogen-bond acceptors (Lipinski definition) is 4. The van der Waals surface area contributed by atoms with Crippen molar-refractivity contribution in [3.05, 3.63) is 23.1 Å². The summed E-state index contributed by atoms with van der Waals surface area (Å²) >= 11 is 0. The van der Waals surface area contributed by atoms with Crippen molar-refractivity contribution < 1.29 is 18.3 Å². The lowest BCUT2D eigenvalue weighted by Gasteiger charge is -2.09. The molecular formula is C6H7NO4S. The van der Waals surface area contributed by atoms with Gasteiger partial charge in [-0.2, -0.15) is 0 Å². The zero-order chi connectivity index (χ0) is 9.35. The van der Waals surface area contributed by atoms with Crippen LogP contribution in [0.1, 0.15) is 0 Å². The number of sulfone groups is 1. The molecule has 66 valence electrons. The highest BCUT2D eigenvalue weighted by Gasteiger charge is 2.22. The van der Waals surface area contributed by atoms with Gasteiger partial charge in [0.05, 0.1) is 0 Å². The summed E-state index contributed by atoms with van der Waals surface area (Å²) in [5.41, 5.74) is 3.19. The molecule has 1 atom stereocenters. The molecule has 0 fully saturated rings. The van der Waals surface area contributed by atoms with Crippen LogP contribution >= 0.6 is 0 Å². The molecule has 6 heteroatoms. The molecule has 1 aliphatic heterocycles. The van der Waals surface area contributed by atoms with Crippen molar-refractivity contribution in [2.45, 2.75) is 5.44 Å². The van der Waals surface area contributed by atoms with Gasteiger partial charge in [-0.05, 0) is 12.2 Å². The largest absolute Gasteiger partial charge is 0.373 e. The van der Waals surface area contributed by atoms with Crippen LogP contribution in [-0.2, 0) is 14.6 Å². The Bertz CT molecular complexity index is 365. The zero-order valence-corrected chi connectivity index (χ0v) is 6.78. The first-order valence-corrected chi connectivity index (χ1v) is 4.66. The second-order valence-electron chi connectivity index (χ2n) is 2.27. The fourth-order valence-electron chi connectivity index (χ4n) is 0.717. The summed E-state index contributed by atoms with van der Waals surface area (Å²) in [5.74, 6) is -0.764. The third kappa shape index (κ3) is 1.54. The molecule has 1 amide bonds. The van der Waals surface area contributed by atoms with E-state index in [4.69, 9.17) is 10.8 Å². The van der Waals surface area contributed by atoms with E-state index in [9.17, 15) is 13.2 Å². The topological polar surface area (TPSA) is 97.5 Å². The normalized spacial score (nSPS) is 26.4. The van der Waals surface area contributed by atoms with Crippen LogP contribution in [0, 0.1) is 0 Å². The Morgan fingerprint density at radius 3 is 2.58 bits per heavy atom. The first-order valence-electron chi connectivity index (χ1n) is 3.05. The van der Waals surface area contributed by atoms with Crippen molar-refractivity contribution in [1.29, 1.82) is 0 Å². The predicted octanol–water partition coefficient (Wildman–Crippen LogP) is -1.34. The summed E-state index contributed by atoms with van der Waals surface area (Å²) in [4.78, 5) is 10.5. The fraction of sp³-hybridized carbons (Fsp3) is 0.167. The van der Waals surface area contributed by atoms with Gasteiger partial charge in [0.2, 0.25) is 15.7 Å². The summed E-state index contributed by atoms with van der Waals surface area (Å²) in [7, 11) is -3.64. The predicted molar refractivity (Wildman–Crippen MR) is 41.3 cm³/mol. The van der Waals surface area contributed by atoms with Crippen LogP contribution in [0.4, 0.5) is 0 Å². The third-order valence-corrected chi connectivity index (χ3v) is 2.71. The van der Waals surface area contributed by atoms with Crippen molar-refractivity contribution in [3.8, 4) is 0 Å². The van der Waals surface area contributed by atoms with Gasteiger partial charge < -0.3 is 10.8 Å². The molecule has 0 aromatic rings. The smallest absolute Gasteiger partial charge is 0.248 e. The maximum Gasteiger partial charge on any atom is 0.248 e. The molecule has 0 saturated heterocycles. The van der Waals surface area contributed by atoms with Crippen molar-refractivity contribution >= 4 is 15.7 Å². The van der Waals surface area contributed by atoms with E-state index in [1.54, 1.807) is 0 Å². The lowest BCUT2D eigenvalue weighted by atomic mass is 10.2. The average Bonchev–Trinajstić information content (AvgIpc) is 1.94. The van der Waals surface area contributed by atoms with Crippen LogP contribution in [-0.4, -0.2) is 24.9 Å². The minimum atomic E-state index is -3.64. The van der Waals surface area contributed by atoms with E-state index in [0.29, 0.717) is 0 Å². The van der Waals surface area contributed by atoms with E-state index in [0.717, 1.165) is 17.6 Å². The number of carbonyl (C=O) groups is 1. The Balaban J connectivity index is 3.07. The highest BCUT2D eigenvalue weighted by Crippen LogP contribution is 2.13. The van der Waals surface area contributed by atoms with Crippen molar-refractivity contribution in [3.63, 3.8) is 0 Å². The lowest BCUT2D eigenvalue weighted by molar-refractivity contribution is -0.114. The minimum Gasteiger partial charge on any atom is -0.373 e. The van der Waals surface area contributed by atoms with E-state index in [1.165, 1.54) is 0 Å². The fourth-order valence-corrected chi connectivity index (χ4v) is 1.55. The molecule has 0 aromatic carbocycles. The van der Waals surface area contributed by atoms with Gasteiger partial charge in [-0.3, -0.25) is 4.79 Å². The monoisotopic (exact) mass is 189 g/mol. The van der Waals surface area contributed by atoms with E-state index in [-0.39, 0.29) is 5.57 Å². The third-order valence-electron chi connectivity index (χ3n) is 1.38. The number of amides is 1. The maximum absolute atomic E-state index is 10.8. The number of primary amides is 1. The van der Waals surface area contributed by atoms with E-state index in [1.807, 2.05) is 0 Å². The van der Waals surface area contributed by atoms with Crippen molar-refractivity contribution in [1.82, 2.24) is 0 Å². The minimum absolute atomic E-state index is 0.00248. The van der Waals surface area contributed by atoms with Crippen molar-refractivity contribution in [2.24, 2.45) is 5.73 Å². The second-order valence-corrected chi connectivity index (χ2v) is 4.20. The maximum atomic E-state index is 10.8. The molecule has 12 heavy (non-hydrogen) atoms. The highest BCUT2D eigenvalue weighted by atomic mass is 32.2. The van der Waals surface area contributed by atoms with Crippen molar-refractivity contribution in [2.75, 3.05) is 0 Å². The zero-order valence-electron chi connectivity index (χ0n) is 5.97. The van der Waals surface area contributed by atoms with Gasteiger partial charge in [0.15, 0.2) is 5.44 Å². The second kappa shape index (κ2) is 2.72. The standard InChI is InChI=1S/C6H7NO4S/c7-6(9)4-1-2-12(10,11)5(8)3-4/h1-3,5,8H,(H2,7,9). The summed E-state index contributed by atoms with van der Waals surface area (Å²) in [6, 6.07) is 0. The molecule has 1 heterocycles. The Kier molecular flexibility index (Phi) is 2.03. The summed E-state index contributed by atoms with van der Waals surface area (Å²) in [6.07, 6.45) is 1.96. The van der Waals surface area contributed by atoms with Crippen LogP contribution < -0.4 is 5.73 Å². The SMILES string of the molecule is NC(=O)C1=CC(O)S(=O)(=O)C=C1. The molecule has 0 radical (unpaired) electrons. The van der Waals surface area contributed by atoms with E-state index < -0.39 is 21.2 Å². The number of rotatable bonds is 1. The van der Waals surface area contributed by atoms with E-state index in [2.05, 4.69) is 0 Å². The van der Waals surface area contributed by atoms with Gasteiger partial charge in [-0.1, -0.05) is 0 Å². The molecule has 0 aliphatic carbocycles. The van der Waals surface area contributed by atoms with Gasteiger partial charge in [0.1, 0.15) is 0 Å². The van der Waals surface area contributed by atoms with Gasteiger partial charge in [0.25, 0.3) is 0 Å². The Morgan fingerprint density at radius 1 is 1.58 bits per heavy atom. The van der Waals surface area contributed by atoms with Crippen LogP contribution in [0.25, 0.3) is 0 Å². The van der Waals surface area contributed by atoms with Gasteiger partial charge in [0, 0.05) is 11.0 Å². The number of hydrogen-bond donors (Lipinski definition) is 2. The number of aliphatic hydroxyl groups is 1. The molecule has 0 bridgehead atoms. The molecule has 0 spiro atoms. The Morgan fingerprint density at radius 2 is 2.17 bits per heavy atom. The molecule has 0 aromatic heterocycles. The van der Waals surface area contributed by atoms with Gasteiger partial charge in [-0.15, -0.1) is 0 Å². The van der Waals surface area contributed by atoms with Crippen LogP contribution in [0.3, 0.4) is 0 Å². The average molecular weight is 189 g/mol. The molecule has 5 nitrogen and oxygen atoms in total. The lowest BCUT2D eigenvalue weighted by Crippen LogP contribution is -2.23. The quantitative estimate of drug-likeness (QED) is 0.533. The first kappa shape index (κ1) is 8.95.